The van der Waals surface area contributed by atoms with E-state index in [1.54, 1.807) is 23.1 Å². The van der Waals surface area contributed by atoms with Gasteiger partial charge < -0.3 is 9.80 Å². The van der Waals surface area contributed by atoms with Crippen molar-refractivity contribution in [3.63, 3.8) is 0 Å². The summed E-state index contributed by atoms with van der Waals surface area (Å²) in [6.45, 7) is 4.81. The first kappa shape index (κ1) is 14.2. The average Bonchev–Trinajstić information content (AvgIpc) is 2.45. The lowest BCUT2D eigenvalue weighted by molar-refractivity contribution is -0.122. The Balaban J connectivity index is 2.57. The van der Waals surface area contributed by atoms with E-state index < -0.39 is 0 Å². The number of Topliss-reactive ketones (excluding diaryl/α,β-unsaturated/α-hetero) is 1. The molecule has 0 saturated heterocycles. The molecule has 1 aliphatic rings. The molecule has 2 rings (SSSR count). The molecule has 1 aromatic rings. The van der Waals surface area contributed by atoms with Crippen molar-refractivity contribution in [1.82, 2.24) is 0 Å². The number of ketones is 1. The Hall–Kier alpha value is -2.17. The van der Waals surface area contributed by atoms with E-state index in [9.17, 15) is 14.4 Å². The lowest BCUT2D eigenvalue weighted by atomic mass is 10.2. The van der Waals surface area contributed by atoms with Gasteiger partial charge in [-0.15, -0.1) is 0 Å². The molecule has 0 saturated carbocycles. The lowest BCUT2D eigenvalue weighted by Crippen LogP contribution is -2.38. The zero-order chi connectivity index (χ0) is 14.9. The van der Waals surface area contributed by atoms with Gasteiger partial charge in [0.25, 0.3) is 0 Å². The van der Waals surface area contributed by atoms with E-state index in [1.807, 2.05) is 13.0 Å². The van der Waals surface area contributed by atoms with Crippen LogP contribution in [0.2, 0.25) is 0 Å². The van der Waals surface area contributed by atoms with Crippen molar-refractivity contribution in [2.75, 3.05) is 16.3 Å². The number of fused-ring (bicyclic) bond motifs is 1. The number of rotatable bonds is 2. The number of amides is 2. The molecular formula is C15H18N2O3. The van der Waals surface area contributed by atoms with E-state index in [0.717, 1.165) is 0 Å². The van der Waals surface area contributed by atoms with E-state index in [1.165, 1.54) is 18.7 Å². The van der Waals surface area contributed by atoms with Crippen LogP contribution in [0.15, 0.2) is 24.3 Å². The Labute approximate surface area is 118 Å². The molecule has 1 atom stereocenters. The summed E-state index contributed by atoms with van der Waals surface area (Å²) < 4.78 is 0. The Morgan fingerprint density at radius 2 is 1.80 bits per heavy atom. The predicted molar refractivity (Wildman–Crippen MR) is 76.7 cm³/mol. The minimum absolute atomic E-state index is 0.0360. The molecule has 0 N–H and O–H groups in total. The summed E-state index contributed by atoms with van der Waals surface area (Å²) in [6, 6.07) is 6.97. The minimum Gasteiger partial charge on any atom is -0.307 e. The molecule has 0 spiro atoms. The highest BCUT2D eigenvalue weighted by Crippen LogP contribution is 2.34. The van der Waals surface area contributed by atoms with Crippen LogP contribution in [0.1, 0.15) is 27.2 Å². The fourth-order valence-electron chi connectivity index (χ4n) is 2.60. The molecule has 2 amide bonds. The first-order chi connectivity index (χ1) is 9.41. The first-order valence-electron chi connectivity index (χ1n) is 6.60. The molecule has 1 heterocycles. The van der Waals surface area contributed by atoms with Crippen LogP contribution in [0.3, 0.4) is 0 Å². The first-order valence-corrected chi connectivity index (χ1v) is 6.60. The van der Waals surface area contributed by atoms with Crippen LogP contribution >= 0.6 is 0 Å². The van der Waals surface area contributed by atoms with Crippen LogP contribution in [-0.2, 0) is 14.4 Å². The standard InChI is InChI=1S/C15H18N2O3/c1-10-8-15(20)16(9-11(2)18)13-6-4-5-7-14(13)17(10)12(3)19/h4-7,10H,8-9H2,1-3H3/t10-/m0/s1. The SMILES string of the molecule is CC(=O)CN1C(=O)C[C@H](C)N(C(C)=O)c2ccccc21. The number of hydrogen-bond acceptors (Lipinski definition) is 3. The van der Waals surface area contributed by atoms with Gasteiger partial charge in [-0.25, -0.2) is 0 Å². The van der Waals surface area contributed by atoms with Crippen LogP contribution in [0, 0.1) is 0 Å². The Kier molecular flexibility index (Phi) is 3.88. The molecule has 106 valence electrons. The predicted octanol–water partition coefficient (Wildman–Crippen LogP) is 1.75. The molecule has 0 aliphatic carbocycles. The monoisotopic (exact) mass is 274 g/mol. The van der Waals surface area contributed by atoms with Gasteiger partial charge in [0.1, 0.15) is 5.78 Å². The molecule has 5 nitrogen and oxygen atoms in total. The molecule has 5 heteroatoms. The number of nitrogens with zero attached hydrogens (tertiary/aromatic N) is 2. The van der Waals surface area contributed by atoms with Crippen LogP contribution in [0.25, 0.3) is 0 Å². The Morgan fingerprint density at radius 3 is 2.35 bits per heavy atom. The fourth-order valence-corrected chi connectivity index (χ4v) is 2.60. The van der Waals surface area contributed by atoms with E-state index in [4.69, 9.17) is 0 Å². The van der Waals surface area contributed by atoms with Crippen LogP contribution in [0.5, 0.6) is 0 Å². The van der Waals surface area contributed by atoms with Crippen LogP contribution in [-0.4, -0.2) is 30.2 Å². The lowest BCUT2D eigenvalue weighted by Gasteiger charge is -2.27. The highest BCUT2D eigenvalue weighted by Gasteiger charge is 2.32. The molecule has 0 unspecified atom stereocenters. The number of para-hydroxylation sites is 2. The summed E-state index contributed by atoms with van der Waals surface area (Å²) in [5, 5.41) is 0. The number of carbonyl (C=O) groups excluding carboxylic acids is 3. The quantitative estimate of drug-likeness (QED) is 0.825. The fraction of sp³-hybridized carbons (Fsp3) is 0.400. The van der Waals surface area contributed by atoms with Crippen LogP contribution in [0.4, 0.5) is 11.4 Å². The van der Waals surface area contributed by atoms with Crippen molar-refractivity contribution in [3.05, 3.63) is 24.3 Å². The average molecular weight is 274 g/mol. The van der Waals surface area contributed by atoms with Gasteiger partial charge in [-0.2, -0.15) is 0 Å². The van der Waals surface area contributed by atoms with E-state index in [0.29, 0.717) is 11.4 Å². The number of hydrogen-bond donors (Lipinski definition) is 0. The maximum Gasteiger partial charge on any atom is 0.229 e. The second-order valence-corrected chi connectivity index (χ2v) is 5.11. The summed E-state index contributed by atoms with van der Waals surface area (Å²) in [5.41, 5.74) is 1.30. The maximum atomic E-state index is 12.3. The number of anilines is 2. The van der Waals surface area contributed by atoms with Gasteiger partial charge in [-0.05, 0) is 26.0 Å². The Bertz CT molecular complexity index is 568. The molecule has 0 bridgehead atoms. The third-order valence-electron chi connectivity index (χ3n) is 3.36. The zero-order valence-corrected chi connectivity index (χ0v) is 11.9. The highest BCUT2D eigenvalue weighted by molar-refractivity contribution is 6.07. The zero-order valence-electron chi connectivity index (χ0n) is 11.9. The van der Waals surface area contributed by atoms with Crippen LogP contribution < -0.4 is 9.80 Å². The van der Waals surface area contributed by atoms with Gasteiger partial charge in [-0.3, -0.25) is 14.4 Å². The maximum absolute atomic E-state index is 12.3. The van der Waals surface area contributed by atoms with E-state index >= 15 is 0 Å². The summed E-state index contributed by atoms with van der Waals surface area (Å²) in [5.74, 6) is -0.330. The normalized spacial score (nSPS) is 18.6. The van der Waals surface area contributed by atoms with E-state index in [2.05, 4.69) is 0 Å². The summed E-state index contributed by atoms with van der Waals surface area (Å²) >= 11 is 0. The van der Waals surface area contributed by atoms with Gasteiger partial charge in [0.15, 0.2) is 0 Å². The largest absolute Gasteiger partial charge is 0.307 e. The van der Waals surface area contributed by atoms with Gasteiger partial charge in [-0.1, -0.05) is 12.1 Å². The second-order valence-electron chi connectivity index (χ2n) is 5.11. The van der Waals surface area contributed by atoms with Gasteiger partial charge in [0.05, 0.1) is 17.9 Å². The van der Waals surface area contributed by atoms with Gasteiger partial charge in [0, 0.05) is 19.4 Å². The third kappa shape index (κ3) is 2.57. The molecule has 1 aromatic carbocycles. The minimum atomic E-state index is -0.224. The van der Waals surface area contributed by atoms with Crippen molar-refractivity contribution >= 4 is 29.0 Å². The topological polar surface area (TPSA) is 57.7 Å². The van der Waals surface area contributed by atoms with Crippen molar-refractivity contribution < 1.29 is 14.4 Å². The summed E-state index contributed by atoms with van der Waals surface area (Å²) in [6.07, 6.45) is 0.210. The summed E-state index contributed by atoms with van der Waals surface area (Å²) in [7, 11) is 0. The molecule has 1 aliphatic heterocycles. The van der Waals surface area contributed by atoms with E-state index in [-0.39, 0.29) is 36.6 Å². The van der Waals surface area contributed by atoms with Crippen molar-refractivity contribution in [2.45, 2.75) is 33.2 Å². The van der Waals surface area contributed by atoms with Gasteiger partial charge in [0.2, 0.25) is 11.8 Å². The number of carbonyl (C=O) groups is 3. The molecule has 20 heavy (non-hydrogen) atoms. The smallest absolute Gasteiger partial charge is 0.229 e. The molecule has 0 radical (unpaired) electrons. The second kappa shape index (κ2) is 5.45. The van der Waals surface area contributed by atoms with Gasteiger partial charge >= 0.3 is 0 Å². The molecular weight excluding hydrogens is 256 g/mol. The van der Waals surface area contributed by atoms with Crippen molar-refractivity contribution in [3.8, 4) is 0 Å². The molecule has 0 aromatic heterocycles. The number of benzene rings is 1. The summed E-state index contributed by atoms with van der Waals surface area (Å²) in [4.78, 5) is 38.7. The Morgan fingerprint density at radius 1 is 1.20 bits per heavy atom. The van der Waals surface area contributed by atoms with Crippen molar-refractivity contribution in [2.24, 2.45) is 0 Å². The van der Waals surface area contributed by atoms with Crippen molar-refractivity contribution in [1.29, 1.82) is 0 Å². The highest BCUT2D eigenvalue weighted by atomic mass is 16.2. The molecule has 0 fully saturated rings. The third-order valence-corrected chi connectivity index (χ3v) is 3.36.